The summed E-state index contributed by atoms with van der Waals surface area (Å²) in [7, 11) is 0. The van der Waals surface area contributed by atoms with Crippen molar-refractivity contribution < 1.29 is 4.39 Å². The average Bonchev–Trinajstić information content (AvgIpc) is 2.47. The molecule has 0 amide bonds. The van der Waals surface area contributed by atoms with E-state index in [-0.39, 0.29) is 11.9 Å². The van der Waals surface area contributed by atoms with Gasteiger partial charge in [0.25, 0.3) is 0 Å². The van der Waals surface area contributed by atoms with Crippen molar-refractivity contribution in [1.82, 2.24) is 0 Å². The van der Waals surface area contributed by atoms with Crippen LogP contribution in [0.25, 0.3) is 0 Å². The third-order valence-electron chi connectivity index (χ3n) is 2.99. The Balaban J connectivity index is 2.12. The summed E-state index contributed by atoms with van der Waals surface area (Å²) in [5.41, 5.74) is 2.16. The lowest BCUT2D eigenvalue weighted by molar-refractivity contribution is 0.626. The highest BCUT2D eigenvalue weighted by Crippen LogP contribution is 2.29. The Labute approximate surface area is 123 Å². The van der Waals surface area contributed by atoms with Gasteiger partial charge in [-0.15, -0.1) is 18.3 Å². The Bertz CT molecular complexity index is 565. The molecule has 1 N–H and O–H groups in total. The van der Waals surface area contributed by atoms with Gasteiger partial charge in [0, 0.05) is 22.4 Å². The van der Waals surface area contributed by atoms with E-state index in [1.165, 1.54) is 17.0 Å². The summed E-state index contributed by atoms with van der Waals surface area (Å²) < 4.78 is 12.9. The van der Waals surface area contributed by atoms with Gasteiger partial charge >= 0.3 is 0 Å². The van der Waals surface area contributed by atoms with E-state index in [0.717, 1.165) is 17.0 Å². The van der Waals surface area contributed by atoms with Gasteiger partial charge in [-0.3, -0.25) is 0 Å². The topological polar surface area (TPSA) is 12.0 Å². The zero-order chi connectivity index (χ0) is 14.4. The average molecular weight is 287 g/mol. The van der Waals surface area contributed by atoms with Crippen LogP contribution in [-0.2, 0) is 0 Å². The van der Waals surface area contributed by atoms with Crippen molar-refractivity contribution in [2.75, 3.05) is 11.1 Å². The van der Waals surface area contributed by atoms with E-state index in [9.17, 15) is 4.39 Å². The highest BCUT2D eigenvalue weighted by Gasteiger charge is 2.08. The van der Waals surface area contributed by atoms with Crippen LogP contribution in [0.15, 0.2) is 66.1 Å². The molecular formula is C17H18FNS. The molecule has 0 spiro atoms. The van der Waals surface area contributed by atoms with Crippen molar-refractivity contribution in [3.05, 3.63) is 72.6 Å². The van der Waals surface area contributed by atoms with Crippen LogP contribution in [0.2, 0.25) is 0 Å². The quantitative estimate of drug-likeness (QED) is 0.573. The highest BCUT2D eigenvalue weighted by molar-refractivity contribution is 7.99. The molecule has 1 atom stereocenters. The Hall–Kier alpha value is -1.74. The molecule has 2 rings (SSSR count). The molecule has 0 bridgehead atoms. The molecule has 0 saturated carbocycles. The predicted molar refractivity (Wildman–Crippen MR) is 85.8 cm³/mol. The molecule has 1 nitrogen and oxygen atoms in total. The first-order valence-corrected chi connectivity index (χ1v) is 7.54. The van der Waals surface area contributed by atoms with Crippen LogP contribution >= 0.6 is 11.8 Å². The molecule has 2 aromatic carbocycles. The minimum Gasteiger partial charge on any atom is -0.378 e. The molecule has 0 fully saturated rings. The van der Waals surface area contributed by atoms with E-state index < -0.39 is 0 Å². The molecule has 2 aromatic rings. The minimum atomic E-state index is -0.206. The summed E-state index contributed by atoms with van der Waals surface area (Å²) in [4.78, 5) is 1.20. The summed E-state index contributed by atoms with van der Waals surface area (Å²) in [6, 6.07) is 14.9. The normalized spacial score (nSPS) is 11.9. The van der Waals surface area contributed by atoms with Crippen LogP contribution in [0.1, 0.15) is 18.5 Å². The van der Waals surface area contributed by atoms with E-state index >= 15 is 0 Å². The first-order valence-electron chi connectivity index (χ1n) is 6.55. The molecule has 0 aromatic heterocycles. The number of halogens is 1. The van der Waals surface area contributed by atoms with Gasteiger partial charge in [-0.2, -0.15) is 0 Å². The Morgan fingerprint density at radius 2 is 1.90 bits per heavy atom. The van der Waals surface area contributed by atoms with Gasteiger partial charge in [-0.1, -0.05) is 30.3 Å². The van der Waals surface area contributed by atoms with Crippen LogP contribution in [0.5, 0.6) is 0 Å². The largest absolute Gasteiger partial charge is 0.378 e. The van der Waals surface area contributed by atoms with Crippen LogP contribution in [0.4, 0.5) is 10.1 Å². The van der Waals surface area contributed by atoms with Gasteiger partial charge in [-0.25, -0.2) is 4.39 Å². The monoisotopic (exact) mass is 287 g/mol. The summed E-state index contributed by atoms with van der Waals surface area (Å²) in [5, 5.41) is 3.48. The first-order chi connectivity index (χ1) is 9.70. The summed E-state index contributed by atoms with van der Waals surface area (Å²) in [5.74, 6) is 0.673. The number of thioether (sulfide) groups is 1. The molecule has 0 aliphatic carbocycles. The molecule has 1 unspecified atom stereocenters. The van der Waals surface area contributed by atoms with Crippen LogP contribution in [0.3, 0.4) is 0 Å². The number of para-hydroxylation sites is 1. The van der Waals surface area contributed by atoms with Crippen molar-refractivity contribution in [3.63, 3.8) is 0 Å². The maximum atomic E-state index is 12.9. The highest BCUT2D eigenvalue weighted by atomic mass is 32.2. The summed E-state index contributed by atoms with van der Waals surface area (Å²) in [6.45, 7) is 5.82. The van der Waals surface area contributed by atoms with Gasteiger partial charge in [0.2, 0.25) is 0 Å². The van der Waals surface area contributed by atoms with Gasteiger partial charge in [0.05, 0.1) is 0 Å². The fourth-order valence-corrected chi connectivity index (χ4v) is 2.68. The van der Waals surface area contributed by atoms with Gasteiger partial charge in [0.15, 0.2) is 0 Å². The lowest BCUT2D eigenvalue weighted by Crippen LogP contribution is -2.07. The van der Waals surface area contributed by atoms with Gasteiger partial charge < -0.3 is 5.32 Å². The maximum Gasteiger partial charge on any atom is 0.123 e. The molecule has 104 valence electrons. The number of benzene rings is 2. The van der Waals surface area contributed by atoms with Crippen molar-refractivity contribution in [2.45, 2.75) is 17.9 Å². The molecule has 0 saturated heterocycles. The van der Waals surface area contributed by atoms with E-state index in [1.807, 2.05) is 30.3 Å². The number of anilines is 1. The summed E-state index contributed by atoms with van der Waals surface area (Å²) in [6.07, 6.45) is 1.89. The third kappa shape index (κ3) is 3.87. The third-order valence-corrected chi connectivity index (χ3v) is 4.06. The fraction of sp³-hybridized carbons (Fsp3) is 0.176. The van der Waals surface area contributed by atoms with E-state index in [0.29, 0.717) is 0 Å². The zero-order valence-electron chi connectivity index (χ0n) is 11.5. The van der Waals surface area contributed by atoms with Crippen molar-refractivity contribution >= 4 is 17.4 Å². The molecule has 3 heteroatoms. The molecular weight excluding hydrogens is 269 g/mol. The van der Waals surface area contributed by atoms with E-state index in [1.54, 1.807) is 11.8 Å². The number of hydrogen-bond donors (Lipinski definition) is 1. The van der Waals surface area contributed by atoms with E-state index in [2.05, 4.69) is 31.0 Å². The predicted octanol–water partition coefficient (Wildman–Crippen LogP) is 5.28. The van der Waals surface area contributed by atoms with Gasteiger partial charge in [-0.05, 0) is 36.8 Å². The molecule has 0 radical (unpaired) electrons. The summed E-state index contributed by atoms with van der Waals surface area (Å²) >= 11 is 1.75. The molecule has 20 heavy (non-hydrogen) atoms. The zero-order valence-corrected chi connectivity index (χ0v) is 12.3. The first kappa shape index (κ1) is 14.7. The Kier molecular flexibility index (Phi) is 5.24. The maximum absolute atomic E-state index is 12.9. The Morgan fingerprint density at radius 1 is 1.20 bits per heavy atom. The minimum absolute atomic E-state index is 0.126. The smallest absolute Gasteiger partial charge is 0.123 e. The number of hydrogen-bond acceptors (Lipinski definition) is 2. The standard InChI is InChI=1S/C17H18FNS/c1-3-12-20-17-7-5-4-6-16(17)19-13(2)14-8-10-15(18)11-9-14/h3-11,13,19H,1,12H2,2H3. The lowest BCUT2D eigenvalue weighted by atomic mass is 10.1. The second kappa shape index (κ2) is 7.15. The number of nitrogens with one attached hydrogen (secondary N) is 1. The SMILES string of the molecule is C=CCSc1ccccc1NC(C)c1ccc(F)cc1. The van der Waals surface area contributed by atoms with Crippen molar-refractivity contribution in [1.29, 1.82) is 0 Å². The van der Waals surface area contributed by atoms with Crippen LogP contribution in [0, 0.1) is 5.82 Å². The molecule has 0 heterocycles. The van der Waals surface area contributed by atoms with Gasteiger partial charge in [0.1, 0.15) is 5.82 Å². The van der Waals surface area contributed by atoms with Crippen molar-refractivity contribution in [2.24, 2.45) is 0 Å². The Morgan fingerprint density at radius 3 is 2.60 bits per heavy atom. The van der Waals surface area contributed by atoms with Crippen molar-refractivity contribution in [3.8, 4) is 0 Å². The van der Waals surface area contributed by atoms with Crippen LogP contribution in [-0.4, -0.2) is 5.75 Å². The van der Waals surface area contributed by atoms with Crippen LogP contribution < -0.4 is 5.32 Å². The number of rotatable bonds is 6. The second-order valence-corrected chi connectivity index (χ2v) is 5.58. The molecule has 0 aliphatic heterocycles. The second-order valence-electron chi connectivity index (χ2n) is 4.51. The van der Waals surface area contributed by atoms with E-state index in [4.69, 9.17) is 0 Å². The lowest BCUT2D eigenvalue weighted by Gasteiger charge is -2.18. The molecule has 0 aliphatic rings. The fourth-order valence-electron chi connectivity index (χ4n) is 1.93.